The molecule has 0 bridgehead atoms. The average Bonchev–Trinajstić information content (AvgIpc) is 2.25. The van der Waals surface area contributed by atoms with Crippen LogP contribution in [0.3, 0.4) is 0 Å². The molecule has 6 nitrogen and oxygen atoms in total. The number of carbonyl (C=O) groups is 2. The minimum absolute atomic E-state index is 0.0176. The summed E-state index contributed by atoms with van der Waals surface area (Å²) >= 11 is 1.18. The molecule has 0 aromatic carbocycles. The van der Waals surface area contributed by atoms with Gasteiger partial charge in [0.05, 0.1) is 5.37 Å². The fourth-order valence-electron chi connectivity index (χ4n) is 1.57. The number of nitrogens with zero attached hydrogens (tertiary/aromatic N) is 1. The fraction of sp³-hybridized carbons (Fsp3) is 0.778. The summed E-state index contributed by atoms with van der Waals surface area (Å²) in [6, 6.07) is 0. The van der Waals surface area contributed by atoms with E-state index in [0.717, 1.165) is 12.8 Å². The van der Waals surface area contributed by atoms with Crippen molar-refractivity contribution in [3.8, 4) is 0 Å². The average molecular weight is 249 g/mol. The zero-order valence-corrected chi connectivity index (χ0v) is 9.52. The normalized spacial score (nSPS) is 22.8. The van der Waals surface area contributed by atoms with Crippen molar-refractivity contribution in [2.45, 2.75) is 30.7 Å². The van der Waals surface area contributed by atoms with Gasteiger partial charge in [-0.05, 0) is 19.3 Å². The van der Waals surface area contributed by atoms with E-state index in [1.54, 1.807) is 0 Å². The molecule has 1 fully saturated rings. The third-order valence-electron chi connectivity index (χ3n) is 2.42. The molecule has 1 aliphatic heterocycles. The van der Waals surface area contributed by atoms with Gasteiger partial charge in [-0.2, -0.15) is 0 Å². The summed E-state index contributed by atoms with van der Waals surface area (Å²) in [6.45, 7) is 0.482. The molecule has 16 heavy (non-hydrogen) atoms. The van der Waals surface area contributed by atoms with E-state index in [-0.39, 0.29) is 11.1 Å². The highest BCUT2D eigenvalue weighted by atomic mass is 32.2. The lowest BCUT2D eigenvalue weighted by atomic mass is 10.1. The number of rotatable bonds is 4. The lowest BCUT2D eigenvalue weighted by Crippen LogP contribution is -2.42. The minimum atomic E-state index is -1.43. The number of likely N-dealkylation sites (tertiary alicyclic amines) is 1. The number of aliphatic hydroxyl groups excluding tert-OH is 1. The molecule has 2 atom stereocenters. The number of piperidine rings is 1. The standard InChI is InChI=1S/C9H15NO5S/c11-6(8(12)13)5-16-7-3-1-2-4-10(7)9(14)15/h6-7,11H,1-5H2,(H,12,13)(H,14,15). The van der Waals surface area contributed by atoms with Crippen LogP contribution in [0.2, 0.25) is 0 Å². The van der Waals surface area contributed by atoms with Crippen molar-refractivity contribution < 1.29 is 24.9 Å². The van der Waals surface area contributed by atoms with Gasteiger partial charge in [0.25, 0.3) is 0 Å². The van der Waals surface area contributed by atoms with Crippen LogP contribution >= 0.6 is 11.8 Å². The summed E-state index contributed by atoms with van der Waals surface area (Å²) in [7, 11) is 0. The van der Waals surface area contributed by atoms with Gasteiger partial charge in [0, 0.05) is 12.3 Å². The molecule has 1 heterocycles. The van der Waals surface area contributed by atoms with Gasteiger partial charge in [-0.15, -0.1) is 11.8 Å². The van der Waals surface area contributed by atoms with Gasteiger partial charge >= 0.3 is 12.1 Å². The second-order valence-electron chi connectivity index (χ2n) is 3.61. The Kier molecular flexibility index (Phi) is 4.88. The lowest BCUT2D eigenvalue weighted by Gasteiger charge is -2.33. The van der Waals surface area contributed by atoms with Crippen LogP contribution < -0.4 is 0 Å². The number of carboxylic acid groups (broad SMARTS) is 2. The highest BCUT2D eigenvalue weighted by Crippen LogP contribution is 2.26. The molecule has 1 saturated heterocycles. The van der Waals surface area contributed by atoms with Crippen molar-refractivity contribution in [3.63, 3.8) is 0 Å². The smallest absolute Gasteiger partial charge is 0.408 e. The van der Waals surface area contributed by atoms with Gasteiger partial charge in [-0.3, -0.25) is 4.90 Å². The Bertz CT molecular complexity index is 273. The predicted octanol–water partition coefficient (Wildman–Crippen LogP) is 0.655. The molecule has 0 aromatic rings. The van der Waals surface area contributed by atoms with Crippen molar-refractivity contribution in [2.24, 2.45) is 0 Å². The molecular formula is C9H15NO5S. The summed E-state index contributed by atoms with van der Waals surface area (Å²) < 4.78 is 0. The molecule has 0 radical (unpaired) electrons. The Morgan fingerprint density at radius 3 is 2.62 bits per heavy atom. The Balaban J connectivity index is 2.44. The van der Waals surface area contributed by atoms with Crippen molar-refractivity contribution in [1.29, 1.82) is 0 Å². The Hall–Kier alpha value is -0.950. The third-order valence-corrected chi connectivity index (χ3v) is 3.81. The maximum atomic E-state index is 10.9. The van der Waals surface area contributed by atoms with Crippen LogP contribution in [-0.2, 0) is 4.79 Å². The molecule has 1 aliphatic rings. The largest absolute Gasteiger partial charge is 0.479 e. The Morgan fingerprint density at radius 2 is 2.06 bits per heavy atom. The summed E-state index contributed by atoms with van der Waals surface area (Å²) in [5.74, 6) is -1.26. The molecule has 1 rings (SSSR count). The molecule has 3 N–H and O–H groups in total. The van der Waals surface area contributed by atoms with Crippen molar-refractivity contribution in [2.75, 3.05) is 12.3 Å². The zero-order valence-electron chi connectivity index (χ0n) is 8.70. The molecule has 7 heteroatoms. The Labute approximate surface area is 97.2 Å². The van der Waals surface area contributed by atoms with Crippen molar-refractivity contribution in [3.05, 3.63) is 0 Å². The van der Waals surface area contributed by atoms with Crippen LogP contribution in [0.5, 0.6) is 0 Å². The monoisotopic (exact) mass is 249 g/mol. The van der Waals surface area contributed by atoms with Crippen LogP contribution in [-0.4, -0.2) is 56.1 Å². The van der Waals surface area contributed by atoms with Crippen LogP contribution in [0.4, 0.5) is 4.79 Å². The second-order valence-corrected chi connectivity index (χ2v) is 4.82. The van der Waals surface area contributed by atoms with Crippen LogP contribution in [0.25, 0.3) is 0 Å². The number of hydrogen-bond donors (Lipinski definition) is 3. The number of aliphatic hydroxyl groups is 1. The van der Waals surface area contributed by atoms with Crippen LogP contribution in [0.15, 0.2) is 0 Å². The highest BCUT2D eigenvalue weighted by Gasteiger charge is 2.28. The summed E-state index contributed by atoms with van der Waals surface area (Å²) in [5.41, 5.74) is 0. The van der Waals surface area contributed by atoms with Crippen molar-refractivity contribution >= 4 is 23.8 Å². The molecule has 0 aliphatic carbocycles. The first-order valence-electron chi connectivity index (χ1n) is 5.04. The van der Waals surface area contributed by atoms with E-state index in [2.05, 4.69) is 0 Å². The SMILES string of the molecule is O=C(O)C(O)CSC1CCCCN1C(=O)O. The topological polar surface area (TPSA) is 98.1 Å². The molecule has 0 aromatic heterocycles. The second kappa shape index (κ2) is 5.95. The molecular weight excluding hydrogens is 234 g/mol. The van der Waals surface area contributed by atoms with E-state index in [4.69, 9.17) is 15.3 Å². The quantitative estimate of drug-likeness (QED) is 0.677. The summed E-state index contributed by atoms with van der Waals surface area (Å²) in [4.78, 5) is 22.6. The van der Waals surface area contributed by atoms with Gasteiger partial charge < -0.3 is 15.3 Å². The minimum Gasteiger partial charge on any atom is -0.479 e. The summed E-state index contributed by atoms with van der Waals surface area (Å²) in [5, 5.41) is 26.3. The number of hydrogen-bond acceptors (Lipinski definition) is 4. The van der Waals surface area contributed by atoms with E-state index < -0.39 is 18.2 Å². The van der Waals surface area contributed by atoms with E-state index in [9.17, 15) is 9.59 Å². The number of carboxylic acids is 1. The maximum absolute atomic E-state index is 10.9. The molecule has 2 unspecified atom stereocenters. The first kappa shape index (κ1) is 13.1. The van der Waals surface area contributed by atoms with E-state index in [1.165, 1.54) is 16.7 Å². The Morgan fingerprint density at radius 1 is 1.38 bits per heavy atom. The first-order chi connectivity index (χ1) is 7.52. The van der Waals surface area contributed by atoms with Gasteiger partial charge in [-0.25, -0.2) is 9.59 Å². The van der Waals surface area contributed by atoms with Gasteiger partial charge in [0.2, 0.25) is 0 Å². The molecule has 92 valence electrons. The number of amides is 1. The highest BCUT2D eigenvalue weighted by molar-refractivity contribution is 7.99. The maximum Gasteiger partial charge on any atom is 0.408 e. The van der Waals surface area contributed by atoms with E-state index >= 15 is 0 Å². The predicted molar refractivity (Wildman–Crippen MR) is 58.5 cm³/mol. The fourth-order valence-corrected chi connectivity index (χ4v) is 2.82. The number of aliphatic carboxylic acids is 1. The van der Waals surface area contributed by atoms with Gasteiger partial charge in [0.1, 0.15) is 0 Å². The lowest BCUT2D eigenvalue weighted by molar-refractivity contribution is -0.145. The molecule has 0 spiro atoms. The van der Waals surface area contributed by atoms with E-state index in [1.807, 2.05) is 0 Å². The van der Waals surface area contributed by atoms with Crippen LogP contribution in [0, 0.1) is 0 Å². The van der Waals surface area contributed by atoms with Gasteiger partial charge in [-0.1, -0.05) is 0 Å². The first-order valence-corrected chi connectivity index (χ1v) is 6.09. The summed E-state index contributed by atoms with van der Waals surface area (Å²) in [6.07, 6.45) is 0.0725. The van der Waals surface area contributed by atoms with Crippen molar-refractivity contribution in [1.82, 2.24) is 4.90 Å². The third kappa shape index (κ3) is 3.57. The number of thioether (sulfide) groups is 1. The van der Waals surface area contributed by atoms with E-state index in [0.29, 0.717) is 13.0 Å². The van der Waals surface area contributed by atoms with Gasteiger partial charge in [0.15, 0.2) is 6.10 Å². The molecule has 1 amide bonds. The zero-order chi connectivity index (χ0) is 12.1. The molecule has 0 saturated carbocycles. The van der Waals surface area contributed by atoms with Crippen LogP contribution in [0.1, 0.15) is 19.3 Å².